The molecule has 1 aromatic carbocycles. The summed E-state index contributed by atoms with van der Waals surface area (Å²) in [6.45, 7) is 7.47. The van der Waals surface area contributed by atoms with Crippen molar-refractivity contribution in [2.75, 3.05) is 23.0 Å². The van der Waals surface area contributed by atoms with Crippen molar-refractivity contribution in [3.05, 3.63) is 51.7 Å². The Kier molecular flexibility index (Phi) is 8.23. The van der Waals surface area contributed by atoms with Crippen molar-refractivity contribution in [2.24, 2.45) is 0 Å². The maximum atomic E-state index is 12.5. The number of aromatic amines is 1. The molecule has 3 N–H and O–H groups in total. The Morgan fingerprint density at radius 1 is 1.24 bits per heavy atom. The smallest absolute Gasteiger partial charge is 0.341 e. The zero-order valence-corrected chi connectivity index (χ0v) is 20.4. The van der Waals surface area contributed by atoms with Crippen LogP contribution in [0.25, 0.3) is 0 Å². The molecule has 0 atom stereocenters. The van der Waals surface area contributed by atoms with E-state index in [-0.39, 0.29) is 29.6 Å². The monoisotopic (exact) mass is 487 g/mol. The number of hydrogen-bond acceptors (Lipinski definition) is 9. The second-order valence-electron chi connectivity index (χ2n) is 7.16. The van der Waals surface area contributed by atoms with Crippen LogP contribution >= 0.6 is 23.1 Å². The van der Waals surface area contributed by atoms with E-state index in [4.69, 9.17) is 4.74 Å². The number of ketones is 1. The number of aryl methyl sites for hydroxylation is 1. The number of carbonyl (C=O) groups excluding carboxylic acids is 3. The molecule has 2 heterocycles. The lowest BCUT2D eigenvalue weighted by atomic mass is 10.1. The number of H-pyrrole nitrogens is 1. The number of esters is 1. The van der Waals surface area contributed by atoms with Gasteiger partial charge in [-0.2, -0.15) is 0 Å². The molecule has 0 saturated carbocycles. The van der Waals surface area contributed by atoms with Gasteiger partial charge in [0.15, 0.2) is 5.78 Å². The molecule has 0 saturated heterocycles. The summed E-state index contributed by atoms with van der Waals surface area (Å²) < 4.78 is 5.09. The molecule has 33 heavy (non-hydrogen) atoms. The average Bonchev–Trinajstić information content (AvgIpc) is 3.35. The first-order valence-corrected chi connectivity index (χ1v) is 12.0. The summed E-state index contributed by atoms with van der Waals surface area (Å²) in [5, 5.41) is 13.7. The van der Waals surface area contributed by atoms with Gasteiger partial charge in [0.1, 0.15) is 10.8 Å². The molecule has 174 valence electrons. The lowest BCUT2D eigenvalue weighted by Crippen LogP contribution is -2.16. The molecule has 1 amide bonds. The van der Waals surface area contributed by atoms with E-state index >= 15 is 0 Å². The van der Waals surface area contributed by atoms with Crippen molar-refractivity contribution < 1.29 is 19.1 Å². The zero-order chi connectivity index (χ0) is 24.0. The third-order valence-corrected chi connectivity index (χ3v) is 6.68. The van der Waals surface area contributed by atoms with Crippen molar-refractivity contribution >= 4 is 51.4 Å². The van der Waals surface area contributed by atoms with Gasteiger partial charge in [-0.15, -0.1) is 16.4 Å². The number of thiophene rings is 1. The molecule has 0 aliphatic heterocycles. The molecule has 0 aliphatic carbocycles. The Hall–Kier alpha value is -3.18. The summed E-state index contributed by atoms with van der Waals surface area (Å²) in [6, 6.07) is 8.00. The first-order valence-electron chi connectivity index (χ1n) is 10.2. The van der Waals surface area contributed by atoms with Crippen LogP contribution in [0.3, 0.4) is 0 Å². The Bertz CT molecular complexity index is 1170. The van der Waals surface area contributed by atoms with Crippen LogP contribution < -0.4 is 10.6 Å². The minimum atomic E-state index is -0.568. The predicted octanol–water partition coefficient (Wildman–Crippen LogP) is 4.21. The molecule has 0 unspecified atom stereocenters. The van der Waals surface area contributed by atoms with Gasteiger partial charge in [-0.3, -0.25) is 14.7 Å². The van der Waals surface area contributed by atoms with E-state index in [9.17, 15) is 14.4 Å². The van der Waals surface area contributed by atoms with E-state index in [2.05, 4.69) is 25.8 Å². The quantitative estimate of drug-likeness (QED) is 0.221. The van der Waals surface area contributed by atoms with E-state index in [1.807, 2.05) is 31.2 Å². The van der Waals surface area contributed by atoms with Gasteiger partial charge in [-0.25, -0.2) is 9.78 Å². The Morgan fingerprint density at radius 2 is 2.03 bits per heavy atom. The number of nitrogens with zero attached hydrogens (tertiary/aromatic N) is 2. The number of amides is 1. The third-order valence-electron chi connectivity index (χ3n) is 4.52. The van der Waals surface area contributed by atoms with Crippen molar-refractivity contribution in [2.45, 2.75) is 39.4 Å². The first-order chi connectivity index (χ1) is 15.8. The maximum Gasteiger partial charge on any atom is 0.341 e. The van der Waals surface area contributed by atoms with Crippen LogP contribution in [-0.2, 0) is 16.1 Å². The van der Waals surface area contributed by atoms with Crippen molar-refractivity contribution in [1.29, 1.82) is 0 Å². The fraction of sp³-hybridized carbons (Fsp3) is 0.318. The number of Topliss-reactive ketones (excluding diaryl/α,β-unsaturated/α-hetero) is 1. The van der Waals surface area contributed by atoms with Crippen LogP contribution in [0.4, 0.5) is 10.7 Å². The Balaban J connectivity index is 1.59. The Labute approximate surface area is 199 Å². The number of ether oxygens (including phenoxy) is 1. The van der Waals surface area contributed by atoms with Crippen LogP contribution in [0.5, 0.6) is 0 Å². The van der Waals surface area contributed by atoms with Gasteiger partial charge in [0, 0.05) is 5.69 Å². The number of benzene rings is 1. The number of nitrogens with one attached hydrogen (secondary N) is 3. The fourth-order valence-corrected chi connectivity index (χ4v) is 4.77. The largest absolute Gasteiger partial charge is 0.462 e. The SMILES string of the molecule is CCOC(=O)c1c(NC(=O)CSc2n[nH]c(CNc3cccc(C)c3)n2)sc(C(C)=O)c1C. The molecule has 0 spiro atoms. The van der Waals surface area contributed by atoms with Crippen molar-refractivity contribution in [1.82, 2.24) is 15.2 Å². The van der Waals surface area contributed by atoms with Crippen LogP contribution in [-0.4, -0.2) is 45.2 Å². The number of anilines is 2. The molecule has 3 rings (SSSR count). The van der Waals surface area contributed by atoms with Gasteiger partial charge < -0.3 is 15.4 Å². The van der Waals surface area contributed by atoms with Crippen LogP contribution in [0.15, 0.2) is 29.4 Å². The number of rotatable bonds is 10. The van der Waals surface area contributed by atoms with Gasteiger partial charge in [-0.1, -0.05) is 23.9 Å². The lowest BCUT2D eigenvalue weighted by molar-refractivity contribution is -0.113. The van der Waals surface area contributed by atoms with Gasteiger partial charge in [0.2, 0.25) is 11.1 Å². The molecule has 0 aliphatic rings. The van der Waals surface area contributed by atoms with E-state index in [1.54, 1.807) is 13.8 Å². The van der Waals surface area contributed by atoms with Gasteiger partial charge in [0.05, 0.1) is 29.3 Å². The maximum absolute atomic E-state index is 12.5. The van der Waals surface area contributed by atoms with Gasteiger partial charge >= 0.3 is 5.97 Å². The second-order valence-corrected chi connectivity index (χ2v) is 9.12. The molecule has 2 aromatic heterocycles. The lowest BCUT2D eigenvalue weighted by Gasteiger charge is -2.06. The fourth-order valence-electron chi connectivity index (χ4n) is 3.04. The van der Waals surface area contributed by atoms with Crippen LogP contribution in [0.1, 0.15) is 50.8 Å². The van der Waals surface area contributed by atoms with Crippen LogP contribution in [0.2, 0.25) is 0 Å². The van der Waals surface area contributed by atoms with Gasteiger partial charge in [-0.05, 0) is 51.0 Å². The summed E-state index contributed by atoms with van der Waals surface area (Å²) in [5.41, 5.74) is 2.86. The molecule has 0 bridgehead atoms. The summed E-state index contributed by atoms with van der Waals surface area (Å²) in [7, 11) is 0. The van der Waals surface area contributed by atoms with E-state index in [0.717, 1.165) is 34.3 Å². The highest BCUT2D eigenvalue weighted by atomic mass is 32.2. The third kappa shape index (κ3) is 6.42. The summed E-state index contributed by atoms with van der Waals surface area (Å²) in [5.74, 6) is -0.404. The van der Waals surface area contributed by atoms with Crippen molar-refractivity contribution in [3.63, 3.8) is 0 Å². The zero-order valence-electron chi connectivity index (χ0n) is 18.8. The molecule has 3 aromatic rings. The molecule has 9 nitrogen and oxygen atoms in total. The van der Waals surface area contributed by atoms with E-state index < -0.39 is 5.97 Å². The number of carbonyl (C=O) groups is 3. The molecule has 0 fully saturated rings. The summed E-state index contributed by atoms with van der Waals surface area (Å²) >= 11 is 2.23. The highest BCUT2D eigenvalue weighted by Crippen LogP contribution is 2.34. The normalized spacial score (nSPS) is 10.7. The first kappa shape index (κ1) is 24.5. The van der Waals surface area contributed by atoms with E-state index in [1.165, 1.54) is 6.92 Å². The number of hydrogen-bond donors (Lipinski definition) is 3. The highest BCUT2D eigenvalue weighted by molar-refractivity contribution is 7.99. The van der Waals surface area contributed by atoms with E-state index in [0.29, 0.717) is 33.0 Å². The van der Waals surface area contributed by atoms with Crippen LogP contribution in [0, 0.1) is 13.8 Å². The molecule has 11 heteroatoms. The number of aromatic nitrogens is 3. The predicted molar refractivity (Wildman–Crippen MR) is 129 cm³/mol. The minimum Gasteiger partial charge on any atom is -0.462 e. The second kappa shape index (κ2) is 11.1. The average molecular weight is 488 g/mol. The standard InChI is InChI=1S/C22H25N5O4S2/c1-5-31-21(30)18-13(3)19(14(4)28)33-20(18)25-17(29)11-32-22-24-16(26-27-22)10-23-15-8-6-7-12(2)9-15/h6-9,23H,5,10-11H2,1-4H3,(H,25,29)(H,24,26,27). The number of thioether (sulfide) groups is 1. The molecular weight excluding hydrogens is 462 g/mol. The van der Waals surface area contributed by atoms with Crippen molar-refractivity contribution in [3.8, 4) is 0 Å². The minimum absolute atomic E-state index is 0.0389. The highest BCUT2D eigenvalue weighted by Gasteiger charge is 2.25. The molecular formula is C22H25N5O4S2. The van der Waals surface area contributed by atoms with Gasteiger partial charge in [0.25, 0.3) is 0 Å². The summed E-state index contributed by atoms with van der Waals surface area (Å²) in [4.78, 5) is 41.6. The molecule has 0 radical (unpaired) electrons. The summed E-state index contributed by atoms with van der Waals surface area (Å²) in [6.07, 6.45) is 0. The topological polar surface area (TPSA) is 126 Å². The Morgan fingerprint density at radius 3 is 2.73 bits per heavy atom.